The summed E-state index contributed by atoms with van der Waals surface area (Å²) in [5.74, 6) is 3.12. The molecule has 186 valence electrons. The van der Waals surface area contributed by atoms with Gasteiger partial charge in [0.25, 0.3) is 0 Å². The zero-order valence-electron chi connectivity index (χ0n) is 21.4. The number of fused-ring (bicyclic) bond motifs is 3. The van der Waals surface area contributed by atoms with E-state index in [0.717, 1.165) is 66.9 Å². The van der Waals surface area contributed by atoms with Crippen molar-refractivity contribution in [2.45, 2.75) is 65.7 Å². The Balaban J connectivity index is 1.36. The van der Waals surface area contributed by atoms with Crippen molar-refractivity contribution in [2.75, 3.05) is 36.4 Å². The number of nitrogens with one attached hydrogen (secondary N) is 1. The van der Waals surface area contributed by atoms with Crippen LogP contribution in [-0.2, 0) is 19.3 Å². The van der Waals surface area contributed by atoms with E-state index in [2.05, 4.69) is 50.0 Å². The van der Waals surface area contributed by atoms with Crippen LogP contribution in [0.4, 0.5) is 16.3 Å². The zero-order chi connectivity index (χ0) is 24.5. The number of anilines is 2. The first-order valence-electron chi connectivity index (χ1n) is 13.2. The Bertz CT molecular complexity index is 1200. The van der Waals surface area contributed by atoms with Gasteiger partial charge in [-0.25, -0.2) is 14.8 Å². The maximum Gasteiger partial charge on any atom is 0.321 e. The number of amides is 2. The monoisotopic (exact) mass is 491 g/mol. The Kier molecular flexibility index (Phi) is 6.96. The normalized spacial score (nSPS) is 19.0. The smallest absolute Gasteiger partial charge is 0.321 e. The van der Waals surface area contributed by atoms with E-state index in [4.69, 9.17) is 9.97 Å². The third-order valence-electron chi connectivity index (χ3n) is 7.69. The van der Waals surface area contributed by atoms with E-state index in [1.807, 2.05) is 28.4 Å². The lowest BCUT2D eigenvalue weighted by atomic mass is 9.89. The van der Waals surface area contributed by atoms with Gasteiger partial charge in [0.2, 0.25) is 0 Å². The molecule has 0 spiro atoms. The number of benzene rings is 1. The summed E-state index contributed by atoms with van der Waals surface area (Å²) in [5, 5.41) is 4.34. The predicted octanol–water partition coefficient (Wildman–Crippen LogP) is 6.25. The van der Waals surface area contributed by atoms with Crippen LogP contribution >= 0.6 is 11.3 Å². The molecule has 0 radical (unpaired) electrons. The minimum absolute atomic E-state index is 0.0241. The highest BCUT2D eigenvalue weighted by Gasteiger charge is 2.29. The lowest BCUT2D eigenvalue weighted by Crippen LogP contribution is -2.50. The Morgan fingerprint density at radius 2 is 1.89 bits per heavy atom. The van der Waals surface area contributed by atoms with Crippen molar-refractivity contribution in [3.05, 3.63) is 46.1 Å². The number of aryl methyl sites for hydroxylation is 2. The predicted molar refractivity (Wildman–Crippen MR) is 146 cm³/mol. The highest BCUT2D eigenvalue weighted by atomic mass is 32.1. The molecule has 1 aliphatic carbocycles. The molecular formula is C28H37N5OS. The molecule has 2 aromatic heterocycles. The second kappa shape index (κ2) is 10.1. The lowest BCUT2D eigenvalue weighted by Gasteiger charge is -2.36. The summed E-state index contributed by atoms with van der Waals surface area (Å²) >= 11 is 1.88. The van der Waals surface area contributed by atoms with Crippen LogP contribution < -0.4 is 10.2 Å². The van der Waals surface area contributed by atoms with Gasteiger partial charge in [-0.15, -0.1) is 11.3 Å². The Morgan fingerprint density at radius 1 is 1.14 bits per heavy atom. The molecule has 1 fully saturated rings. The summed E-state index contributed by atoms with van der Waals surface area (Å²) < 4.78 is 0. The van der Waals surface area contributed by atoms with Crippen molar-refractivity contribution in [3.63, 3.8) is 0 Å². The molecule has 35 heavy (non-hydrogen) atoms. The summed E-state index contributed by atoms with van der Waals surface area (Å²) in [6.45, 7) is 11.9. The third kappa shape index (κ3) is 4.88. The van der Waals surface area contributed by atoms with Crippen molar-refractivity contribution >= 4 is 39.1 Å². The average Bonchev–Trinajstić information content (AvgIpc) is 3.25. The molecule has 2 atom stereocenters. The fraction of sp³-hybridized carbons (Fsp3) is 0.536. The molecule has 1 N–H and O–H groups in total. The van der Waals surface area contributed by atoms with Crippen molar-refractivity contribution in [1.29, 1.82) is 0 Å². The summed E-state index contributed by atoms with van der Waals surface area (Å²) in [4.78, 5) is 30.1. The first-order valence-corrected chi connectivity index (χ1v) is 14.0. The standard InChI is InChI=1S/C28H37N5OS/c1-5-19(4)25-30-26(24-22-12-7-18(3)17-23(22)35-27(24)31-25)32-13-15-33(16-14-32)28(34)29-21-10-8-20(6-2)9-11-21/h8-11,18-19H,5-7,12-17H2,1-4H3,(H,29,34). The van der Waals surface area contributed by atoms with Crippen LogP contribution in [0.2, 0.25) is 0 Å². The van der Waals surface area contributed by atoms with E-state index in [1.165, 1.54) is 27.8 Å². The SMILES string of the molecule is CCc1ccc(NC(=O)N2CCN(c3nc(C(C)CC)nc4sc5c(c34)CCC(C)C5)CC2)cc1. The van der Waals surface area contributed by atoms with Crippen LogP contribution in [0.1, 0.15) is 68.3 Å². The van der Waals surface area contributed by atoms with Crippen LogP contribution in [0.25, 0.3) is 10.2 Å². The quantitative estimate of drug-likeness (QED) is 0.458. The van der Waals surface area contributed by atoms with E-state index in [-0.39, 0.29) is 6.03 Å². The first kappa shape index (κ1) is 24.0. The molecular weight excluding hydrogens is 454 g/mol. The molecule has 1 saturated heterocycles. The fourth-order valence-corrected chi connectivity index (χ4v) is 6.50. The Hall–Kier alpha value is -2.67. The maximum absolute atomic E-state index is 12.9. The number of aromatic nitrogens is 2. The molecule has 3 heterocycles. The van der Waals surface area contributed by atoms with Crippen molar-refractivity contribution in [1.82, 2.24) is 14.9 Å². The van der Waals surface area contributed by atoms with Gasteiger partial charge in [0, 0.05) is 42.7 Å². The minimum Gasteiger partial charge on any atom is -0.352 e. The topological polar surface area (TPSA) is 61.4 Å². The number of carbonyl (C=O) groups is 1. The van der Waals surface area contributed by atoms with Gasteiger partial charge in [0.05, 0.1) is 5.39 Å². The van der Waals surface area contributed by atoms with Gasteiger partial charge in [-0.05, 0) is 61.3 Å². The van der Waals surface area contributed by atoms with Crippen molar-refractivity contribution in [3.8, 4) is 0 Å². The van der Waals surface area contributed by atoms with Crippen molar-refractivity contribution in [2.24, 2.45) is 5.92 Å². The van der Waals surface area contributed by atoms with Crippen LogP contribution in [-0.4, -0.2) is 47.1 Å². The largest absolute Gasteiger partial charge is 0.352 e. The minimum atomic E-state index is -0.0241. The van der Waals surface area contributed by atoms with Gasteiger partial charge >= 0.3 is 6.03 Å². The highest BCUT2D eigenvalue weighted by Crippen LogP contribution is 2.42. The molecule has 3 aromatic rings. The number of hydrogen-bond acceptors (Lipinski definition) is 5. The van der Waals surface area contributed by atoms with Gasteiger partial charge in [0.1, 0.15) is 16.5 Å². The molecule has 5 rings (SSSR count). The summed E-state index contributed by atoms with van der Waals surface area (Å²) in [7, 11) is 0. The number of nitrogens with zero attached hydrogens (tertiary/aromatic N) is 4. The Labute approximate surface area is 212 Å². The second-order valence-electron chi connectivity index (χ2n) is 10.2. The number of rotatable bonds is 5. The number of piperazine rings is 1. The molecule has 2 amide bonds. The number of carbonyl (C=O) groups excluding carboxylic acids is 1. The molecule has 1 aromatic carbocycles. The number of hydrogen-bond donors (Lipinski definition) is 1. The molecule has 0 saturated carbocycles. The van der Waals surface area contributed by atoms with Gasteiger partial charge in [-0.2, -0.15) is 0 Å². The first-order chi connectivity index (χ1) is 17.0. The van der Waals surface area contributed by atoms with E-state index >= 15 is 0 Å². The highest BCUT2D eigenvalue weighted by molar-refractivity contribution is 7.19. The number of thiophene rings is 1. The maximum atomic E-state index is 12.9. The van der Waals surface area contributed by atoms with E-state index in [9.17, 15) is 4.79 Å². The molecule has 2 aliphatic rings. The molecule has 0 bridgehead atoms. The zero-order valence-corrected chi connectivity index (χ0v) is 22.2. The van der Waals surface area contributed by atoms with E-state index < -0.39 is 0 Å². The number of urea groups is 1. The van der Waals surface area contributed by atoms with Crippen LogP contribution in [0.3, 0.4) is 0 Å². The lowest BCUT2D eigenvalue weighted by molar-refractivity contribution is 0.208. The van der Waals surface area contributed by atoms with Crippen LogP contribution in [0.5, 0.6) is 0 Å². The van der Waals surface area contributed by atoms with Crippen LogP contribution in [0.15, 0.2) is 24.3 Å². The summed E-state index contributed by atoms with van der Waals surface area (Å²) in [6, 6.07) is 8.10. The second-order valence-corrected chi connectivity index (χ2v) is 11.3. The molecule has 7 heteroatoms. The van der Waals surface area contributed by atoms with Gasteiger partial charge < -0.3 is 15.1 Å². The van der Waals surface area contributed by atoms with Gasteiger partial charge in [-0.1, -0.05) is 39.8 Å². The van der Waals surface area contributed by atoms with E-state index in [0.29, 0.717) is 19.0 Å². The van der Waals surface area contributed by atoms with Gasteiger partial charge in [-0.3, -0.25) is 0 Å². The third-order valence-corrected chi connectivity index (χ3v) is 8.83. The fourth-order valence-electron chi connectivity index (χ4n) is 5.12. The Morgan fingerprint density at radius 3 is 2.57 bits per heavy atom. The van der Waals surface area contributed by atoms with Crippen molar-refractivity contribution < 1.29 is 4.79 Å². The van der Waals surface area contributed by atoms with Crippen LogP contribution in [0, 0.1) is 5.92 Å². The molecule has 6 nitrogen and oxygen atoms in total. The summed E-state index contributed by atoms with van der Waals surface area (Å²) in [6.07, 6.45) is 5.53. The average molecular weight is 492 g/mol. The molecule has 1 aliphatic heterocycles. The molecule has 2 unspecified atom stereocenters. The van der Waals surface area contributed by atoms with E-state index in [1.54, 1.807) is 0 Å². The summed E-state index contributed by atoms with van der Waals surface area (Å²) in [5.41, 5.74) is 3.60. The van der Waals surface area contributed by atoms with Gasteiger partial charge in [0.15, 0.2) is 0 Å².